The predicted molar refractivity (Wildman–Crippen MR) is 98.0 cm³/mol. The molecular weight excluding hydrogens is 381 g/mol. The molecule has 136 valence electrons. The van der Waals surface area contributed by atoms with E-state index in [4.69, 9.17) is 32.7 Å². The lowest BCUT2D eigenvalue weighted by atomic mass is 10.1. The van der Waals surface area contributed by atoms with Gasteiger partial charge in [-0.25, -0.2) is 4.79 Å². The van der Waals surface area contributed by atoms with Crippen LogP contribution in [0.2, 0.25) is 10.0 Å². The number of hydrogen-bond acceptors (Lipinski definition) is 5. The highest BCUT2D eigenvalue weighted by atomic mass is 35.5. The SMILES string of the molecule is CC(=O)c1cccc(OCC(=O)OCC(=O)Nc2c(Cl)cccc2Cl)c1. The molecule has 0 aliphatic heterocycles. The fourth-order valence-electron chi connectivity index (χ4n) is 1.93. The first-order valence-electron chi connectivity index (χ1n) is 7.50. The molecule has 2 rings (SSSR count). The number of Topliss-reactive ketones (excluding diaryl/α,β-unsaturated/α-hetero) is 1. The van der Waals surface area contributed by atoms with Crippen LogP contribution < -0.4 is 10.1 Å². The highest BCUT2D eigenvalue weighted by Gasteiger charge is 2.12. The molecule has 26 heavy (non-hydrogen) atoms. The molecule has 0 spiro atoms. The summed E-state index contributed by atoms with van der Waals surface area (Å²) < 4.78 is 10.1. The predicted octanol–water partition coefficient (Wildman–Crippen LogP) is 3.76. The average molecular weight is 396 g/mol. The minimum Gasteiger partial charge on any atom is -0.482 e. The molecule has 1 N–H and O–H groups in total. The van der Waals surface area contributed by atoms with E-state index in [0.717, 1.165) is 0 Å². The van der Waals surface area contributed by atoms with Gasteiger partial charge in [-0.05, 0) is 31.2 Å². The van der Waals surface area contributed by atoms with Gasteiger partial charge in [-0.3, -0.25) is 9.59 Å². The van der Waals surface area contributed by atoms with Crippen molar-refractivity contribution in [1.82, 2.24) is 0 Å². The fourth-order valence-corrected chi connectivity index (χ4v) is 2.42. The van der Waals surface area contributed by atoms with Crippen LogP contribution in [0.15, 0.2) is 42.5 Å². The summed E-state index contributed by atoms with van der Waals surface area (Å²) in [6.45, 7) is 0.510. The van der Waals surface area contributed by atoms with Crippen LogP contribution in [-0.4, -0.2) is 30.9 Å². The van der Waals surface area contributed by atoms with Crippen molar-refractivity contribution in [3.63, 3.8) is 0 Å². The third-order valence-corrected chi connectivity index (χ3v) is 3.82. The maximum atomic E-state index is 11.8. The average Bonchev–Trinajstić information content (AvgIpc) is 2.61. The van der Waals surface area contributed by atoms with Crippen LogP contribution in [0.4, 0.5) is 5.69 Å². The van der Waals surface area contributed by atoms with Crippen molar-refractivity contribution in [2.24, 2.45) is 0 Å². The second kappa shape index (κ2) is 9.22. The van der Waals surface area contributed by atoms with E-state index >= 15 is 0 Å². The lowest BCUT2D eigenvalue weighted by Gasteiger charge is -2.10. The topological polar surface area (TPSA) is 81.7 Å². The zero-order chi connectivity index (χ0) is 19.1. The number of rotatable bonds is 7. The standard InChI is InChI=1S/C18H15Cl2NO5/c1-11(22)12-4-2-5-13(8-12)25-10-17(24)26-9-16(23)21-18-14(19)6-3-7-15(18)20/h2-8H,9-10H2,1H3,(H,21,23). The minimum absolute atomic E-state index is 0.118. The second-order valence-electron chi connectivity index (χ2n) is 5.18. The van der Waals surface area contributed by atoms with Crippen molar-refractivity contribution in [3.8, 4) is 5.75 Å². The number of carbonyl (C=O) groups is 3. The summed E-state index contributed by atoms with van der Waals surface area (Å²) >= 11 is 11.9. The van der Waals surface area contributed by atoms with E-state index in [1.165, 1.54) is 13.0 Å². The van der Waals surface area contributed by atoms with Crippen LogP contribution in [-0.2, 0) is 14.3 Å². The lowest BCUT2D eigenvalue weighted by molar-refractivity contribution is -0.149. The summed E-state index contributed by atoms with van der Waals surface area (Å²) in [6, 6.07) is 11.2. The molecule has 0 unspecified atom stereocenters. The van der Waals surface area contributed by atoms with Crippen LogP contribution >= 0.6 is 23.2 Å². The highest BCUT2D eigenvalue weighted by Crippen LogP contribution is 2.29. The molecule has 0 fully saturated rings. The van der Waals surface area contributed by atoms with E-state index in [1.807, 2.05) is 0 Å². The first kappa shape index (κ1) is 19.8. The van der Waals surface area contributed by atoms with Crippen molar-refractivity contribution in [1.29, 1.82) is 0 Å². The molecule has 0 saturated heterocycles. The van der Waals surface area contributed by atoms with Gasteiger partial charge in [-0.2, -0.15) is 0 Å². The molecule has 0 radical (unpaired) electrons. The molecule has 8 heteroatoms. The Kier molecular flexibility index (Phi) is 7.00. The van der Waals surface area contributed by atoms with Gasteiger partial charge in [-0.1, -0.05) is 41.4 Å². The Hall–Kier alpha value is -2.57. The smallest absolute Gasteiger partial charge is 0.344 e. The molecular formula is C18H15Cl2NO5. The summed E-state index contributed by atoms with van der Waals surface area (Å²) in [7, 11) is 0. The molecule has 2 aromatic rings. The van der Waals surface area contributed by atoms with Crippen LogP contribution in [0.1, 0.15) is 17.3 Å². The Morgan fingerprint density at radius 3 is 2.31 bits per heavy atom. The van der Waals surface area contributed by atoms with E-state index in [9.17, 15) is 14.4 Å². The number of amides is 1. The zero-order valence-electron chi connectivity index (χ0n) is 13.8. The van der Waals surface area contributed by atoms with Crippen molar-refractivity contribution in [2.75, 3.05) is 18.5 Å². The van der Waals surface area contributed by atoms with E-state index < -0.39 is 25.1 Å². The number of ether oxygens (including phenoxy) is 2. The van der Waals surface area contributed by atoms with Crippen LogP contribution in [0.5, 0.6) is 5.75 Å². The highest BCUT2D eigenvalue weighted by molar-refractivity contribution is 6.39. The van der Waals surface area contributed by atoms with Gasteiger partial charge in [0.05, 0.1) is 15.7 Å². The van der Waals surface area contributed by atoms with Gasteiger partial charge in [0.2, 0.25) is 0 Å². The van der Waals surface area contributed by atoms with Crippen LogP contribution in [0.25, 0.3) is 0 Å². The van der Waals surface area contributed by atoms with Crippen molar-refractivity contribution < 1.29 is 23.9 Å². The number of ketones is 1. The summed E-state index contributed by atoms with van der Waals surface area (Å²) in [6.07, 6.45) is 0. The second-order valence-corrected chi connectivity index (χ2v) is 5.99. The molecule has 0 aromatic heterocycles. The number of halogens is 2. The molecule has 0 atom stereocenters. The Bertz CT molecular complexity index is 818. The monoisotopic (exact) mass is 395 g/mol. The Morgan fingerprint density at radius 2 is 1.65 bits per heavy atom. The molecule has 0 aliphatic rings. The van der Waals surface area contributed by atoms with E-state index in [1.54, 1.807) is 36.4 Å². The molecule has 1 amide bonds. The molecule has 6 nitrogen and oxygen atoms in total. The Labute approximate surface area is 160 Å². The first-order valence-corrected chi connectivity index (χ1v) is 8.25. The quantitative estimate of drug-likeness (QED) is 0.570. The Balaban J connectivity index is 1.80. The molecule has 0 aliphatic carbocycles. The van der Waals surface area contributed by atoms with Gasteiger partial charge in [0.15, 0.2) is 19.0 Å². The zero-order valence-corrected chi connectivity index (χ0v) is 15.3. The normalized spacial score (nSPS) is 10.1. The fraction of sp³-hybridized carbons (Fsp3) is 0.167. The summed E-state index contributed by atoms with van der Waals surface area (Å²) in [5.41, 5.74) is 0.709. The van der Waals surface area contributed by atoms with Crippen molar-refractivity contribution in [2.45, 2.75) is 6.92 Å². The van der Waals surface area contributed by atoms with Gasteiger partial charge in [-0.15, -0.1) is 0 Å². The molecule has 0 heterocycles. The molecule has 0 saturated carbocycles. The van der Waals surface area contributed by atoms with E-state index in [2.05, 4.69) is 5.32 Å². The van der Waals surface area contributed by atoms with Crippen LogP contribution in [0, 0.1) is 0 Å². The summed E-state index contributed by atoms with van der Waals surface area (Å²) in [5, 5.41) is 3.01. The molecule has 2 aromatic carbocycles. The van der Waals surface area contributed by atoms with E-state index in [0.29, 0.717) is 11.3 Å². The van der Waals surface area contributed by atoms with Gasteiger partial charge in [0, 0.05) is 5.56 Å². The van der Waals surface area contributed by atoms with Crippen molar-refractivity contribution in [3.05, 3.63) is 58.1 Å². The van der Waals surface area contributed by atoms with Gasteiger partial charge in [0.25, 0.3) is 5.91 Å². The van der Waals surface area contributed by atoms with E-state index in [-0.39, 0.29) is 21.5 Å². The third kappa shape index (κ3) is 5.75. The van der Waals surface area contributed by atoms with Gasteiger partial charge < -0.3 is 14.8 Å². The lowest BCUT2D eigenvalue weighted by Crippen LogP contribution is -2.24. The maximum absolute atomic E-state index is 11.8. The number of carbonyl (C=O) groups excluding carboxylic acids is 3. The largest absolute Gasteiger partial charge is 0.482 e. The van der Waals surface area contributed by atoms with Gasteiger partial charge >= 0.3 is 5.97 Å². The number of nitrogens with one attached hydrogen (secondary N) is 1. The Morgan fingerprint density at radius 1 is 1.00 bits per heavy atom. The maximum Gasteiger partial charge on any atom is 0.344 e. The number of para-hydroxylation sites is 1. The number of hydrogen-bond donors (Lipinski definition) is 1. The number of anilines is 1. The first-order chi connectivity index (χ1) is 12.4. The van der Waals surface area contributed by atoms with Crippen molar-refractivity contribution >= 4 is 46.5 Å². The molecule has 0 bridgehead atoms. The van der Waals surface area contributed by atoms with Crippen LogP contribution in [0.3, 0.4) is 0 Å². The summed E-state index contributed by atoms with van der Waals surface area (Å²) in [5.74, 6) is -1.10. The summed E-state index contributed by atoms with van der Waals surface area (Å²) in [4.78, 5) is 34.8. The number of benzene rings is 2. The third-order valence-electron chi connectivity index (χ3n) is 3.19. The van der Waals surface area contributed by atoms with Gasteiger partial charge in [0.1, 0.15) is 5.75 Å². The minimum atomic E-state index is -0.737. The number of esters is 1.